The average molecular weight is 554 g/mol. The van der Waals surface area contributed by atoms with Crippen molar-refractivity contribution < 1.29 is 28.5 Å². The van der Waals surface area contributed by atoms with E-state index in [9.17, 15) is 9.59 Å². The van der Waals surface area contributed by atoms with Gasteiger partial charge < -0.3 is 18.9 Å². The van der Waals surface area contributed by atoms with Gasteiger partial charge in [-0.05, 0) is 60.5 Å². The number of methoxy groups -OCH3 is 3. The van der Waals surface area contributed by atoms with Gasteiger partial charge in [-0.2, -0.15) is 0 Å². The summed E-state index contributed by atoms with van der Waals surface area (Å²) >= 11 is 8.60. The predicted molar refractivity (Wildman–Crippen MR) is 136 cm³/mol. The summed E-state index contributed by atoms with van der Waals surface area (Å²) in [4.78, 5) is 24.8. The largest absolute Gasteiger partial charge is 0.493 e. The van der Waals surface area contributed by atoms with Crippen molar-refractivity contribution in [2.24, 2.45) is 0 Å². The van der Waals surface area contributed by atoms with Gasteiger partial charge in [-0.1, -0.05) is 29.8 Å². The molecule has 2 aromatic rings. The summed E-state index contributed by atoms with van der Waals surface area (Å²) in [5, 5.41) is 2.37. The summed E-state index contributed by atoms with van der Waals surface area (Å²) in [6.07, 6.45) is 0. The van der Waals surface area contributed by atoms with Crippen molar-refractivity contribution in [2.75, 3.05) is 27.9 Å². The van der Waals surface area contributed by atoms with E-state index < -0.39 is 11.8 Å². The topological polar surface area (TPSA) is 107 Å². The van der Waals surface area contributed by atoms with Crippen LogP contribution in [-0.4, -0.2) is 44.9 Å². The number of hydrogen-bond acceptors (Lipinski definition) is 7. The Morgan fingerprint density at radius 1 is 0.971 bits per heavy atom. The van der Waals surface area contributed by atoms with E-state index in [4.69, 9.17) is 31.2 Å². The molecule has 3 N–H and O–H groups in total. The van der Waals surface area contributed by atoms with Crippen molar-refractivity contribution in [1.82, 2.24) is 16.2 Å². The van der Waals surface area contributed by atoms with Crippen LogP contribution in [0.1, 0.15) is 41.3 Å². The molecule has 2 rings (SSSR count). The second-order valence-corrected chi connectivity index (χ2v) is 8.72. The highest BCUT2D eigenvalue weighted by atomic mass is 79.9. The van der Waals surface area contributed by atoms with Crippen LogP contribution in [-0.2, 0) is 4.79 Å². The monoisotopic (exact) mass is 553 g/mol. The molecule has 2 aromatic carbocycles. The van der Waals surface area contributed by atoms with Crippen LogP contribution in [0.25, 0.3) is 0 Å². The molecule has 0 radical (unpaired) electrons. The highest BCUT2D eigenvalue weighted by Crippen LogP contribution is 2.38. The number of aryl methyl sites for hydroxylation is 1. The minimum absolute atomic E-state index is 0.0922. The smallest absolute Gasteiger partial charge is 0.269 e. The Bertz CT molecular complexity index is 1050. The van der Waals surface area contributed by atoms with Gasteiger partial charge >= 0.3 is 0 Å². The van der Waals surface area contributed by atoms with Crippen molar-refractivity contribution in [1.29, 1.82) is 0 Å². The van der Waals surface area contributed by atoms with Crippen LogP contribution in [0.15, 0.2) is 28.7 Å². The van der Waals surface area contributed by atoms with Crippen molar-refractivity contribution in [2.45, 2.75) is 26.7 Å². The van der Waals surface area contributed by atoms with E-state index >= 15 is 0 Å². The second kappa shape index (κ2) is 12.4. The van der Waals surface area contributed by atoms with Crippen LogP contribution >= 0.6 is 28.1 Å². The van der Waals surface area contributed by atoms with Gasteiger partial charge in [0.2, 0.25) is 5.75 Å². The lowest BCUT2D eigenvalue weighted by Crippen LogP contribution is -2.49. The Labute approximate surface area is 212 Å². The van der Waals surface area contributed by atoms with Gasteiger partial charge in [0.15, 0.2) is 23.2 Å². The Kier molecular flexibility index (Phi) is 9.94. The molecule has 0 aromatic heterocycles. The standard InChI is InChI=1S/C23H28BrN3O6S/c1-12(2)15-10-16(24)13(3)7-17(15)33-11-20(28)25-23(34)27-26-22(29)14-8-18(30-4)21(32-6)19(9-14)31-5/h7-10,12H,11H2,1-6H3,(H,26,29)(H2,25,27,28,34). The van der Waals surface area contributed by atoms with Gasteiger partial charge in [0.05, 0.1) is 21.3 Å². The summed E-state index contributed by atoms with van der Waals surface area (Å²) in [7, 11) is 4.36. The van der Waals surface area contributed by atoms with Crippen LogP contribution in [0.4, 0.5) is 0 Å². The Balaban J connectivity index is 1.94. The first-order valence-electron chi connectivity index (χ1n) is 10.2. The SMILES string of the molecule is COc1cc(C(=O)NNC(=S)NC(=O)COc2cc(C)c(Br)cc2C(C)C)cc(OC)c1OC. The first kappa shape index (κ1) is 27.2. The van der Waals surface area contributed by atoms with E-state index in [1.807, 2.05) is 32.9 Å². The summed E-state index contributed by atoms with van der Waals surface area (Å²) in [5.74, 6) is 0.837. The number of benzene rings is 2. The Morgan fingerprint density at radius 2 is 1.59 bits per heavy atom. The van der Waals surface area contributed by atoms with Crippen molar-refractivity contribution >= 4 is 45.1 Å². The molecule has 0 unspecified atom stereocenters. The molecule has 11 heteroatoms. The van der Waals surface area contributed by atoms with Gasteiger partial charge in [-0.15, -0.1) is 0 Å². The normalized spacial score (nSPS) is 10.4. The summed E-state index contributed by atoms with van der Waals surface area (Å²) in [6.45, 7) is 5.78. The lowest BCUT2D eigenvalue weighted by Gasteiger charge is -2.16. The fourth-order valence-corrected chi connectivity index (χ4v) is 3.51. The molecular formula is C23H28BrN3O6S. The first-order chi connectivity index (χ1) is 16.1. The fourth-order valence-electron chi connectivity index (χ4n) is 2.98. The third-order valence-electron chi connectivity index (χ3n) is 4.74. The number of hydrazine groups is 1. The molecule has 0 heterocycles. The van der Waals surface area contributed by atoms with Crippen LogP contribution in [0.3, 0.4) is 0 Å². The number of nitrogens with one attached hydrogen (secondary N) is 3. The van der Waals surface area contributed by atoms with Crippen molar-refractivity contribution in [3.63, 3.8) is 0 Å². The molecule has 0 bridgehead atoms. The maximum Gasteiger partial charge on any atom is 0.269 e. The highest BCUT2D eigenvalue weighted by molar-refractivity contribution is 9.10. The minimum Gasteiger partial charge on any atom is -0.493 e. The number of ether oxygens (including phenoxy) is 4. The van der Waals surface area contributed by atoms with Gasteiger partial charge in [0, 0.05) is 10.0 Å². The number of amides is 2. The molecule has 2 amide bonds. The van der Waals surface area contributed by atoms with E-state index in [1.54, 1.807) is 0 Å². The summed E-state index contributed by atoms with van der Waals surface area (Å²) < 4.78 is 22.4. The molecule has 0 aliphatic rings. The van der Waals surface area contributed by atoms with E-state index in [-0.39, 0.29) is 23.2 Å². The molecule has 0 aliphatic heterocycles. The zero-order valence-corrected chi connectivity index (χ0v) is 22.2. The number of rotatable bonds is 8. The van der Waals surface area contributed by atoms with Gasteiger partial charge in [-0.3, -0.25) is 25.8 Å². The Hall–Kier alpha value is -3.05. The molecule has 0 aliphatic carbocycles. The van der Waals surface area contributed by atoms with E-state index in [0.717, 1.165) is 15.6 Å². The van der Waals surface area contributed by atoms with Crippen LogP contribution < -0.4 is 35.1 Å². The number of carbonyl (C=O) groups is 2. The predicted octanol–water partition coefficient (Wildman–Crippen LogP) is 3.62. The van der Waals surface area contributed by atoms with E-state index in [0.29, 0.717) is 23.0 Å². The summed E-state index contributed by atoms with van der Waals surface area (Å²) in [5.41, 5.74) is 7.09. The maximum absolute atomic E-state index is 12.5. The molecule has 0 fully saturated rings. The molecular weight excluding hydrogens is 526 g/mol. The third kappa shape index (κ3) is 6.97. The molecule has 0 atom stereocenters. The van der Waals surface area contributed by atoms with E-state index in [2.05, 4.69) is 32.1 Å². The van der Waals surface area contributed by atoms with Gasteiger partial charge in [0.25, 0.3) is 11.8 Å². The maximum atomic E-state index is 12.5. The molecule has 34 heavy (non-hydrogen) atoms. The Morgan fingerprint density at radius 3 is 2.12 bits per heavy atom. The number of hydrogen-bond donors (Lipinski definition) is 3. The zero-order chi connectivity index (χ0) is 25.4. The van der Waals surface area contributed by atoms with Crippen LogP contribution in [0.5, 0.6) is 23.0 Å². The zero-order valence-electron chi connectivity index (χ0n) is 19.8. The van der Waals surface area contributed by atoms with Gasteiger partial charge in [-0.25, -0.2) is 0 Å². The molecule has 184 valence electrons. The van der Waals surface area contributed by atoms with Crippen LogP contribution in [0, 0.1) is 6.92 Å². The first-order valence-corrected chi connectivity index (χ1v) is 11.4. The number of thiocarbonyl (C=S) groups is 1. The highest BCUT2D eigenvalue weighted by Gasteiger charge is 2.18. The lowest BCUT2D eigenvalue weighted by molar-refractivity contribution is -0.121. The lowest BCUT2D eigenvalue weighted by atomic mass is 10.0. The minimum atomic E-state index is -0.529. The summed E-state index contributed by atoms with van der Waals surface area (Å²) in [6, 6.07) is 6.83. The average Bonchev–Trinajstić information content (AvgIpc) is 2.81. The van der Waals surface area contributed by atoms with E-state index in [1.165, 1.54) is 33.5 Å². The number of carbonyl (C=O) groups excluding carboxylic acids is 2. The number of halogens is 1. The molecule has 0 spiro atoms. The fraction of sp³-hybridized carbons (Fsp3) is 0.348. The molecule has 0 saturated carbocycles. The van der Waals surface area contributed by atoms with Crippen molar-refractivity contribution in [3.05, 3.63) is 45.4 Å². The second-order valence-electron chi connectivity index (χ2n) is 7.45. The molecule has 0 saturated heterocycles. The molecule has 9 nitrogen and oxygen atoms in total. The van der Waals surface area contributed by atoms with Crippen LogP contribution in [0.2, 0.25) is 0 Å². The third-order valence-corrected chi connectivity index (χ3v) is 5.80. The van der Waals surface area contributed by atoms with Gasteiger partial charge in [0.1, 0.15) is 5.75 Å². The quantitative estimate of drug-likeness (QED) is 0.336. The van der Waals surface area contributed by atoms with Crippen molar-refractivity contribution in [3.8, 4) is 23.0 Å².